The first-order valence-corrected chi connectivity index (χ1v) is 5.93. The molecule has 4 nitrogen and oxygen atoms in total. The fourth-order valence-electron chi connectivity index (χ4n) is 1.87. The lowest BCUT2D eigenvalue weighted by atomic mass is 10.0. The molecule has 0 aliphatic rings. The molecule has 19 heavy (non-hydrogen) atoms. The van der Waals surface area contributed by atoms with E-state index >= 15 is 0 Å². The standard InChI is InChI=1S/C15H14O4/c1-19-15(18)7-6-14(17)12-3-2-11-9-13(16)5-4-10(11)8-12/h2-5,8-9,16H,6-7H2,1H3. The predicted molar refractivity (Wildman–Crippen MR) is 71.2 cm³/mol. The van der Waals surface area contributed by atoms with Crippen molar-refractivity contribution in [2.75, 3.05) is 7.11 Å². The van der Waals surface area contributed by atoms with Crippen molar-refractivity contribution in [2.24, 2.45) is 0 Å². The number of phenolic OH excluding ortho intramolecular Hbond substituents is 1. The molecule has 0 aliphatic carbocycles. The number of ether oxygens (including phenoxy) is 1. The third kappa shape index (κ3) is 3.10. The summed E-state index contributed by atoms with van der Waals surface area (Å²) in [4.78, 5) is 22.9. The number of carbonyl (C=O) groups excluding carboxylic acids is 2. The van der Waals surface area contributed by atoms with E-state index in [0.717, 1.165) is 10.8 Å². The van der Waals surface area contributed by atoms with E-state index in [0.29, 0.717) is 5.56 Å². The van der Waals surface area contributed by atoms with E-state index in [9.17, 15) is 14.7 Å². The first-order chi connectivity index (χ1) is 9.10. The second-order valence-electron chi connectivity index (χ2n) is 4.25. The number of esters is 1. The van der Waals surface area contributed by atoms with Gasteiger partial charge in [-0.3, -0.25) is 9.59 Å². The van der Waals surface area contributed by atoms with Gasteiger partial charge in [0, 0.05) is 12.0 Å². The predicted octanol–water partition coefficient (Wildman–Crippen LogP) is 2.68. The average Bonchev–Trinajstić information content (AvgIpc) is 2.43. The lowest BCUT2D eigenvalue weighted by Gasteiger charge is -2.03. The highest BCUT2D eigenvalue weighted by Gasteiger charge is 2.10. The number of aromatic hydroxyl groups is 1. The zero-order valence-electron chi connectivity index (χ0n) is 10.6. The summed E-state index contributed by atoms with van der Waals surface area (Å²) in [6.45, 7) is 0. The van der Waals surface area contributed by atoms with Gasteiger partial charge in [0.05, 0.1) is 13.5 Å². The monoisotopic (exact) mass is 258 g/mol. The smallest absolute Gasteiger partial charge is 0.305 e. The Hall–Kier alpha value is -2.36. The van der Waals surface area contributed by atoms with Gasteiger partial charge in [0.1, 0.15) is 5.75 Å². The number of methoxy groups -OCH3 is 1. The fraction of sp³-hybridized carbons (Fsp3) is 0.200. The van der Waals surface area contributed by atoms with Crippen LogP contribution in [0.15, 0.2) is 36.4 Å². The number of fused-ring (bicyclic) bond motifs is 1. The van der Waals surface area contributed by atoms with E-state index in [1.54, 1.807) is 36.4 Å². The van der Waals surface area contributed by atoms with Gasteiger partial charge in [-0.2, -0.15) is 0 Å². The number of carbonyl (C=O) groups is 2. The zero-order valence-corrected chi connectivity index (χ0v) is 10.6. The molecule has 2 aromatic carbocycles. The SMILES string of the molecule is COC(=O)CCC(=O)c1ccc2cc(O)ccc2c1. The third-order valence-corrected chi connectivity index (χ3v) is 2.93. The molecule has 0 heterocycles. The van der Waals surface area contributed by atoms with E-state index in [4.69, 9.17) is 0 Å². The van der Waals surface area contributed by atoms with Crippen LogP contribution in [-0.2, 0) is 9.53 Å². The van der Waals surface area contributed by atoms with Crippen LogP contribution < -0.4 is 0 Å². The minimum Gasteiger partial charge on any atom is -0.508 e. The van der Waals surface area contributed by atoms with Gasteiger partial charge in [0.15, 0.2) is 5.78 Å². The van der Waals surface area contributed by atoms with E-state index in [-0.39, 0.29) is 30.3 Å². The van der Waals surface area contributed by atoms with E-state index in [2.05, 4.69) is 4.74 Å². The lowest BCUT2D eigenvalue weighted by Crippen LogP contribution is -2.05. The van der Waals surface area contributed by atoms with E-state index in [1.807, 2.05) is 0 Å². The Morgan fingerprint density at radius 3 is 2.47 bits per heavy atom. The number of rotatable bonds is 4. The van der Waals surface area contributed by atoms with Crippen molar-refractivity contribution < 1.29 is 19.4 Å². The Morgan fingerprint density at radius 2 is 1.74 bits per heavy atom. The molecule has 0 saturated heterocycles. The molecule has 0 bridgehead atoms. The number of ketones is 1. The van der Waals surface area contributed by atoms with Crippen LogP contribution in [0.4, 0.5) is 0 Å². The van der Waals surface area contributed by atoms with Crippen molar-refractivity contribution in [3.63, 3.8) is 0 Å². The molecule has 0 amide bonds. The second kappa shape index (κ2) is 5.52. The minimum absolute atomic E-state index is 0.0863. The maximum Gasteiger partial charge on any atom is 0.305 e. The molecule has 2 aromatic rings. The van der Waals surface area contributed by atoms with Crippen LogP contribution in [0.3, 0.4) is 0 Å². The maximum atomic E-state index is 11.9. The Balaban J connectivity index is 2.19. The normalized spacial score (nSPS) is 10.4. The molecule has 0 fully saturated rings. The quantitative estimate of drug-likeness (QED) is 0.676. The van der Waals surface area contributed by atoms with E-state index < -0.39 is 0 Å². The minimum atomic E-state index is -0.390. The molecular formula is C15H14O4. The highest BCUT2D eigenvalue weighted by atomic mass is 16.5. The first-order valence-electron chi connectivity index (χ1n) is 5.93. The van der Waals surface area contributed by atoms with Gasteiger partial charge >= 0.3 is 5.97 Å². The summed E-state index contributed by atoms with van der Waals surface area (Å²) in [5.41, 5.74) is 0.557. The van der Waals surface area contributed by atoms with Crippen molar-refractivity contribution >= 4 is 22.5 Å². The molecule has 1 N–H and O–H groups in total. The van der Waals surface area contributed by atoms with Gasteiger partial charge in [0.2, 0.25) is 0 Å². The van der Waals surface area contributed by atoms with Gasteiger partial charge in [-0.1, -0.05) is 18.2 Å². The van der Waals surface area contributed by atoms with Crippen molar-refractivity contribution in [3.8, 4) is 5.75 Å². The van der Waals surface area contributed by atoms with Crippen LogP contribution in [-0.4, -0.2) is 24.0 Å². The van der Waals surface area contributed by atoms with Crippen molar-refractivity contribution in [1.82, 2.24) is 0 Å². The molecule has 4 heteroatoms. The largest absolute Gasteiger partial charge is 0.508 e. The number of phenols is 1. The summed E-state index contributed by atoms with van der Waals surface area (Å²) in [6, 6.07) is 10.2. The zero-order chi connectivity index (χ0) is 13.8. The van der Waals surface area contributed by atoms with Gasteiger partial charge in [-0.25, -0.2) is 0 Å². The topological polar surface area (TPSA) is 63.6 Å². The van der Waals surface area contributed by atoms with E-state index in [1.165, 1.54) is 7.11 Å². The van der Waals surface area contributed by atoms with Gasteiger partial charge < -0.3 is 9.84 Å². The first kappa shape index (κ1) is 13.1. The number of hydrogen-bond donors (Lipinski definition) is 1. The molecule has 0 aromatic heterocycles. The lowest BCUT2D eigenvalue weighted by molar-refractivity contribution is -0.140. The Kier molecular flexibility index (Phi) is 3.80. The molecule has 0 saturated carbocycles. The van der Waals surface area contributed by atoms with Crippen LogP contribution in [0, 0.1) is 0 Å². The van der Waals surface area contributed by atoms with Crippen LogP contribution in [0.1, 0.15) is 23.2 Å². The van der Waals surface area contributed by atoms with Crippen molar-refractivity contribution in [1.29, 1.82) is 0 Å². The second-order valence-corrected chi connectivity index (χ2v) is 4.25. The molecule has 2 rings (SSSR count). The van der Waals surface area contributed by atoms with Crippen LogP contribution >= 0.6 is 0 Å². The number of hydrogen-bond acceptors (Lipinski definition) is 4. The highest BCUT2D eigenvalue weighted by Crippen LogP contribution is 2.21. The Bertz CT molecular complexity index is 631. The van der Waals surface area contributed by atoms with Crippen molar-refractivity contribution in [3.05, 3.63) is 42.0 Å². The average molecular weight is 258 g/mol. The fourth-order valence-corrected chi connectivity index (χ4v) is 1.87. The maximum absolute atomic E-state index is 11.9. The Morgan fingerprint density at radius 1 is 1.05 bits per heavy atom. The summed E-state index contributed by atoms with van der Waals surface area (Å²) in [7, 11) is 1.30. The summed E-state index contributed by atoms with van der Waals surface area (Å²) >= 11 is 0. The van der Waals surface area contributed by atoms with Crippen LogP contribution in [0.5, 0.6) is 5.75 Å². The number of benzene rings is 2. The molecular weight excluding hydrogens is 244 g/mol. The molecule has 0 radical (unpaired) electrons. The van der Waals surface area contributed by atoms with Gasteiger partial charge in [-0.15, -0.1) is 0 Å². The summed E-state index contributed by atoms with van der Waals surface area (Å²) < 4.78 is 4.50. The van der Waals surface area contributed by atoms with Gasteiger partial charge in [-0.05, 0) is 29.0 Å². The molecule has 98 valence electrons. The Labute approximate surface area is 110 Å². The summed E-state index contributed by atoms with van der Waals surface area (Å²) in [6.07, 6.45) is 0.221. The van der Waals surface area contributed by atoms with Crippen molar-refractivity contribution in [2.45, 2.75) is 12.8 Å². The van der Waals surface area contributed by atoms with Gasteiger partial charge in [0.25, 0.3) is 0 Å². The summed E-state index contributed by atoms with van der Waals surface area (Å²) in [5.74, 6) is -0.295. The molecule has 0 aliphatic heterocycles. The third-order valence-electron chi connectivity index (χ3n) is 2.93. The van der Waals surface area contributed by atoms with Crippen LogP contribution in [0.2, 0.25) is 0 Å². The highest BCUT2D eigenvalue weighted by molar-refractivity contribution is 6.01. The molecule has 0 atom stereocenters. The molecule has 0 unspecified atom stereocenters. The number of Topliss-reactive ketones (excluding diaryl/α,β-unsaturated/α-hetero) is 1. The van der Waals surface area contributed by atoms with Crippen LogP contribution in [0.25, 0.3) is 10.8 Å². The summed E-state index contributed by atoms with van der Waals surface area (Å²) in [5, 5.41) is 11.1. The molecule has 0 spiro atoms.